The van der Waals surface area contributed by atoms with Crippen molar-refractivity contribution in [3.8, 4) is 0 Å². The molecule has 0 heterocycles. The van der Waals surface area contributed by atoms with Crippen LogP contribution in [0.15, 0.2) is 0 Å². The SMILES string of the molecule is CC(C)(O[Si](C)(C)C)O[Si](C)(C)CCCN. The van der Waals surface area contributed by atoms with Gasteiger partial charge in [-0.25, -0.2) is 0 Å². The summed E-state index contributed by atoms with van der Waals surface area (Å²) in [5.41, 5.74) is 5.54. The van der Waals surface area contributed by atoms with Crippen molar-refractivity contribution in [1.29, 1.82) is 0 Å². The molecule has 3 nitrogen and oxygen atoms in total. The lowest BCUT2D eigenvalue weighted by molar-refractivity contribution is -0.0954. The largest absolute Gasteiger partial charge is 0.392 e. The Hall–Kier alpha value is 0.314. The van der Waals surface area contributed by atoms with Gasteiger partial charge in [0.15, 0.2) is 16.6 Å². The van der Waals surface area contributed by atoms with Gasteiger partial charge in [0.2, 0.25) is 0 Å². The van der Waals surface area contributed by atoms with E-state index in [2.05, 4.69) is 32.7 Å². The molecule has 5 heteroatoms. The molecule has 0 aromatic rings. The summed E-state index contributed by atoms with van der Waals surface area (Å²) in [5.74, 6) is -0.450. The molecular weight excluding hydrogens is 234 g/mol. The number of nitrogens with two attached hydrogens (primary N) is 1. The van der Waals surface area contributed by atoms with Gasteiger partial charge in [-0.05, 0) is 65.6 Å². The van der Waals surface area contributed by atoms with Crippen LogP contribution in [0.4, 0.5) is 0 Å². The molecule has 0 aliphatic heterocycles. The minimum Gasteiger partial charge on any atom is -0.392 e. The Morgan fingerprint density at radius 1 is 1.00 bits per heavy atom. The van der Waals surface area contributed by atoms with E-state index in [1.165, 1.54) is 0 Å². The zero-order chi connectivity index (χ0) is 13.0. The van der Waals surface area contributed by atoms with E-state index in [1.807, 2.05) is 13.8 Å². The standard InChI is InChI=1S/C11H29NO2Si2/c1-11(2,13-15(3,4)5)14-16(6,7)10-8-9-12/h8-10,12H2,1-7H3. The summed E-state index contributed by atoms with van der Waals surface area (Å²) in [6, 6.07) is 1.10. The molecule has 0 aliphatic carbocycles. The van der Waals surface area contributed by atoms with Gasteiger partial charge in [-0.15, -0.1) is 0 Å². The van der Waals surface area contributed by atoms with Gasteiger partial charge in [0.05, 0.1) is 0 Å². The Kier molecular flexibility index (Phi) is 5.89. The topological polar surface area (TPSA) is 44.5 Å². The van der Waals surface area contributed by atoms with Crippen LogP contribution >= 0.6 is 0 Å². The molecule has 0 spiro atoms. The maximum Gasteiger partial charge on any atom is 0.190 e. The van der Waals surface area contributed by atoms with Gasteiger partial charge in [0, 0.05) is 0 Å². The molecule has 0 aliphatic rings. The number of hydrogen-bond acceptors (Lipinski definition) is 3. The summed E-state index contributed by atoms with van der Waals surface area (Å²) in [7, 11) is -3.19. The van der Waals surface area contributed by atoms with Crippen molar-refractivity contribution >= 4 is 16.6 Å². The molecule has 16 heavy (non-hydrogen) atoms. The summed E-state index contributed by atoms with van der Waals surface area (Å²) in [6.45, 7) is 15.8. The number of hydrogen-bond donors (Lipinski definition) is 1. The molecule has 0 saturated carbocycles. The van der Waals surface area contributed by atoms with Crippen molar-refractivity contribution in [3.05, 3.63) is 0 Å². The van der Waals surface area contributed by atoms with Crippen molar-refractivity contribution in [1.82, 2.24) is 0 Å². The van der Waals surface area contributed by atoms with Crippen molar-refractivity contribution in [3.63, 3.8) is 0 Å². The predicted molar refractivity (Wildman–Crippen MR) is 75.6 cm³/mol. The highest BCUT2D eigenvalue weighted by atomic mass is 28.4. The van der Waals surface area contributed by atoms with Crippen molar-refractivity contribution in [2.45, 2.75) is 64.8 Å². The fourth-order valence-corrected chi connectivity index (χ4v) is 6.13. The first-order valence-electron chi connectivity index (χ1n) is 6.08. The van der Waals surface area contributed by atoms with Crippen LogP contribution in [0.1, 0.15) is 20.3 Å². The first-order valence-corrected chi connectivity index (χ1v) is 12.6. The first kappa shape index (κ1) is 16.3. The van der Waals surface area contributed by atoms with Crippen LogP contribution in [0, 0.1) is 0 Å². The summed E-state index contributed by atoms with van der Waals surface area (Å²) < 4.78 is 12.3. The van der Waals surface area contributed by atoms with Crippen LogP contribution in [0.3, 0.4) is 0 Å². The van der Waals surface area contributed by atoms with Crippen LogP contribution in [-0.2, 0) is 8.85 Å². The fraction of sp³-hybridized carbons (Fsp3) is 1.00. The molecule has 0 saturated heterocycles. The predicted octanol–water partition coefficient (Wildman–Crippen LogP) is 3.14. The van der Waals surface area contributed by atoms with Crippen molar-refractivity contribution < 1.29 is 8.85 Å². The second-order valence-electron chi connectivity index (χ2n) is 6.37. The average molecular weight is 264 g/mol. The smallest absolute Gasteiger partial charge is 0.190 e. The number of rotatable bonds is 7. The normalized spacial score (nSPS) is 14.2. The van der Waals surface area contributed by atoms with Gasteiger partial charge >= 0.3 is 0 Å². The lowest BCUT2D eigenvalue weighted by Crippen LogP contribution is -2.47. The summed E-state index contributed by atoms with van der Waals surface area (Å²) in [4.78, 5) is 0. The molecule has 0 radical (unpaired) electrons. The second kappa shape index (κ2) is 5.77. The highest BCUT2D eigenvalue weighted by Gasteiger charge is 2.34. The minimum absolute atomic E-state index is 0.450. The van der Waals surface area contributed by atoms with E-state index in [9.17, 15) is 0 Å². The summed E-state index contributed by atoms with van der Waals surface area (Å²) in [5, 5.41) is 0. The Morgan fingerprint density at radius 2 is 1.50 bits per heavy atom. The Balaban J connectivity index is 4.33. The molecule has 98 valence electrons. The van der Waals surface area contributed by atoms with E-state index in [-0.39, 0.29) is 0 Å². The van der Waals surface area contributed by atoms with Crippen LogP contribution in [-0.4, -0.2) is 29.0 Å². The third-order valence-electron chi connectivity index (χ3n) is 2.06. The van der Waals surface area contributed by atoms with Gasteiger partial charge in [0.25, 0.3) is 0 Å². The third-order valence-corrected chi connectivity index (χ3v) is 5.76. The molecular formula is C11H29NO2Si2. The quantitative estimate of drug-likeness (QED) is 0.567. The molecule has 0 atom stereocenters. The fourth-order valence-electron chi connectivity index (χ4n) is 2.00. The highest BCUT2D eigenvalue weighted by molar-refractivity contribution is 6.71. The lowest BCUT2D eigenvalue weighted by atomic mass is 10.4. The van der Waals surface area contributed by atoms with Gasteiger partial charge < -0.3 is 14.6 Å². The first-order chi connectivity index (χ1) is 6.97. The monoisotopic (exact) mass is 263 g/mol. The average Bonchev–Trinajstić information content (AvgIpc) is 1.93. The molecule has 0 rings (SSSR count). The Morgan fingerprint density at radius 3 is 1.88 bits per heavy atom. The van der Waals surface area contributed by atoms with Crippen LogP contribution < -0.4 is 5.73 Å². The van der Waals surface area contributed by atoms with Crippen LogP contribution in [0.25, 0.3) is 0 Å². The zero-order valence-corrected chi connectivity index (χ0v) is 14.0. The molecule has 0 amide bonds. The van der Waals surface area contributed by atoms with Crippen LogP contribution in [0.5, 0.6) is 0 Å². The zero-order valence-electron chi connectivity index (χ0n) is 12.0. The Bertz CT molecular complexity index is 213. The molecule has 2 N–H and O–H groups in total. The van der Waals surface area contributed by atoms with E-state index in [4.69, 9.17) is 14.6 Å². The molecule has 0 unspecified atom stereocenters. The summed E-state index contributed by atoms with van der Waals surface area (Å²) in [6.07, 6.45) is 1.04. The Labute approximate surface area is 103 Å². The second-order valence-corrected chi connectivity index (χ2v) is 15.0. The van der Waals surface area contributed by atoms with Gasteiger partial charge in [-0.2, -0.15) is 0 Å². The molecule has 0 fully saturated rings. The molecule has 0 bridgehead atoms. The maximum absolute atomic E-state index is 6.20. The van der Waals surface area contributed by atoms with Crippen LogP contribution in [0.2, 0.25) is 38.8 Å². The van der Waals surface area contributed by atoms with E-state index in [1.54, 1.807) is 0 Å². The van der Waals surface area contributed by atoms with Crippen molar-refractivity contribution in [2.75, 3.05) is 6.54 Å². The minimum atomic E-state index is -1.64. The van der Waals surface area contributed by atoms with E-state index >= 15 is 0 Å². The van der Waals surface area contributed by atoms with E-state index in [0.717, 1.165) is 19.0 Å². The van der Waals surface area contributed by atoms with Gasteiger partial charge in [0.1, 0.15) is 5.79 Å². The molecule has 0 aromatic carbocycles. The highest BCUT2D eigenvalue weighted by Crippen LogP contribution is 2.25. The van der Waals surface area contributed by atoms with Gasteiger partial charge in [-0.3, -0.25) is 0 Å². The van der Waals surface area contributed by atoms with Crippen molar-refractivity contribution in [2.24, 2.45) is 5.73 Å². The molecule has 0 aromatic heterocycles. The van der Waals surface area contributed by atoms with E-state index in [0.29, 0.717) is 0 Å². The third kappa shape index (κ3) is 8.46. The lowest BCUT2D eigenvalue weighted by Gasteiger charge is -2.39. The van der Waals surface area contributed by atoms with E-state index < -0.39 is 22.4 Å². The maximum atomic E-state index is 6.20. The summed E-state index contributed by atoms with van der Waals surface area (Å²) >= 11 is 0. The van der Waals surface area contributed by atoms with Gasteiger partial charge in [-0.1, -0.05) is 0 Å².